The number of halogens is 3. The number of thioether (sulfide) groups is 1. The van der Waals surface area contributed by atoms with Gasteiger partial charge in [-0.1, -0.05) is 18.2 Å². The van der Waals surface area contributed by atoms with Gasteiger partial charge in [-0.15, -0.1) is 11.8 Å². The zero-order chi connectivity index (χ0) is 16.1. The highest BCUT2D eigenvalue weighted by atomic mass is 32.2. The maximum absolute atomic E-state index is 12.3. The van der Waals surface area contributed by atoms with Crippen LogP contribution in [0.2, 0.25) is 0 Å². The van der Waals surface area contributed by atoms with Crippen molar-refractivity contribution in [2.45, 2.75) is 29.7 Å². The van der Waals surface area contributed by atoms with Gasteiger partial charge in [0, 0.05) is 17.1 Å². The van der Waals surface area contributed by atoms with Crippen molar-refractivity contribution in [1.29, 1.82) is 0 Å². The average molecular weight is 341 g/mol. The fraction of sp³-hybridized carbons (Fsp3) is 0.417. The quantitative estimate of drug-likeness (QED) is 0.808. The van der Waals surface area contributed by atoms with E-state index in [9.17, 15) is 26.4 Å². The summed E-state index contributed by atoms with van der Waals surface area (Å²) in [6.07, 6.45) is -5.10. The van der Waals surface area contributed by atoms with Crippen molar-refractivity contribution in [3.8, 4) is 0 Å². The van der Waals surface area contributed by atoms with E-state index in [4.69, 9.17) is 0 Å². The molecule has 1 N–H and O–H groups in total. The van der Waals surface area contributed by atoms with E-state index in [1.165, 1.54) is 16.5 Å². The topological polar surface area (TPSA) is 63.2 Å². The van der Waals surface area contributed by atoms with E-state index < -0.39 is 27.4 Å². The molecule has 0 saturated heterocycles. The van der Waals surface area contributed by atoms with Gasteiger partial charge >= 0.3 is 6.18 Å². The summed E-state index contributed by atoms with van der Waals surface area (Å²) >= 11 is 1.31. The Hall–Kier alpha value is -1.22. The Morgan fingerprint density at radius 3 is 2.38 bits per heavy atom. The summed E-state index contributed by atoms with van der Waals surface area (Å²) in [5, 5.41) is -2.63. The van der Waals surface area contributed by atoms with E-state index in [0.29, 0.717) is 6.92 Å². The summed E-state index contributed by atoms with van der Waals surface area (Å²) in [4.78, 5) is 12.3. The first-order valence-electron chi connectivity index (χ1n) is 5.92. The van der Waals surface area contributed by atoms with Gasteiger partial charge in [0.05, 0.1) is 0 Å². The van der Waals surface area contributed by atoms with Crippen molar-refractivity contribution in [2.24, 2.45) is 0 Å². The molecule has 118 valence electrons. The second-order valence-electron chi connectivity index (χ2n) is 4.17. The molecule has 9 heteroatoms. The number of benzene rings is 1. The number of sulfonamides is 1. The number of amides is 1. The average Bonchev–Trinajstić information content (AvgIpc) is 2.37. The molecule has 1 aromatic rings. The van der Waals surface area contributed by atoms with Gasteiger partial charge in [-0.05, 0) is 19.1 Å². The molecule has 0 aliphatic heterocycles. The van der Waals surface area contributed by atoms with Crippen molar-refractivity contribution in [1.82, 2.24) is 4.72 Å². The molecule has 0 aromatic heterocycles. The van der Waals surface area contributed by atoms with Gasteiger partial charge < -0.3 is 0 Å². The molecular weight excluding hydrogens is 327 g/mol. The zero-order valence-electron chi connectivity index (χ0n) is 11.1. The highest BCUT2D eigenvalue weighted by Gasteiger charge is 2.45. The largest absolute Gasteiger partial charge is 0.407 e. The van der Waals surface area contributed by atoms with Crippen LogP contribution in [0.3, 0.4) is 0 Å². The van der Waals surface area contributed by atoms with Crippen LogP contribution in [0.4, 0.5) is 13.2 Å². The summed E-state index contributed by atoms with van der Waals surface area (Å²) < 4.78 is 61.2. The Kier molecular flexibility index (Phi) is 6.09. The highest BCUT2D eigenvalue weighted by Crippen LogP contribution is 2.25. The summed E-state index contributed by atoms with van der Waals surface area (Å²) in [6, 6.07) is 9.05. The van der Waals surface area contributed by atoms with Gasteiger partial charge in [0.15, 0.2) is 5.25 Å². The number of nitrogens with one attached hydrogen (secondary N) is 1. The molecule has 0 aliphatic rings. The summed E-state index contributed by atoms with van der Waals surface area (Å²) in [6.45, 7) is 0.494. The highest BCUT2D eigenvalue weighted by molar-refractivity contribution is 7.99. The summed E-state index contributed by atoms with van der Waals surface area (Å²) in [7, 11) is -4.75. The van der Waals surface area contributed by atoms with E-state index in [0.717, 1.165) is 4.90 Å². The van der Waals surface area contributed by atoms with Crippen LogP contribution >= 0.6 is 11.8 Å². The Morgan fingerprint density at radius 1 is 1.29 bits per heavy atom. The van der Waals surface area contributed by atoms with Crippen LogP contribution in [-0.2, 0) is 14.8 Å². The third-order valence-corrected chi connectivity index (χ3v) is 5.25. The Balaban J connectivity index is 2.47. The van der Waals surface area contributed by atoms with Gasteiger partial charge in [-0.2, -0.15) is 13.2 Å². The molecule has 0 fully saturated rings. The molecule has 0 unspecified atom stereocenters. The van der Waals surface area contributed by atoms with Crippen LogP contribution in [0.1, 0.15) is 13.3 Å². The first-order valence-corrected chi connectivity index (χ1v) is 8.45. The normalized spacial score (nSPS) is 13.7. The Labute approximate surface area is 125 Å². The van der Waals surface area contributed by atoms with Gasteiger partial charge in [0.2, 0.25) is 15.9 Å². The molecule has 1 atom stereocenters. The monoisotopic (exact) mass is 341 g/mol. The van der Waals surface area contributed by atoms with Crippen molar-refractivity contribution in [3.63, 3.8) is 0 Å². The number of carbonyl (C=O) groups is 1. The van der Waals surface area contributed by atoms with E-state index in [-0.39, 0.29) is 12.2 Å². The van der Waals surface area contributed by atoms with E-state index in [1.807, 2.05) is 18.2 Å². The van der Waals surface area contributed by atoms with Crippen LogP contribution in [0.15, 0.2) is 35.2 Å². The van der Waals surface area contributed by atoms with E-state index in [1.54, 1.807) is 12.1 Å². The molecule has 1 aromatic carbocycles. The molecule has 0 spiro atoms. The third-order valence-electron chi connectivity index (χ3n) is 2.52. The maximum atomic E-state index is 12.3. The van der Waals surface area contributed by atoms with Crippen molar-refractivity contribution in [2.75, 3.05) is 5.75 Å². The van der Waals surface area contributed by atoms with Gasteiger partial charge in [-0.3, -0.25) is 9.52 Å². The van der Waals surface area contributed by atoms with Crippen LogP contribution in [0.25, 0.3) is 0 Å². The minimum Gasteiger partial charge on any atom is -0.274 e. The molecule has 1 rings (SSSR count). The number of hydrogen-bond donors (Lipinski definition) is 1. The lowest BCUT2D eigenvalue weighted by atomic mass is 10.4. The fourth-order valence-corrected chi connectivity index (χ4v) is 3.07. The second-order valence-corrected chi connectivity index (χ2v) is 7.34. The van der Waals surface area contributed by atoms with Gasteiger partial charge in [0.1, 0.15) is 0 Å². The van der Waals surface area contributed by atoms with Crippen LogP contribution < -0.4 is 4.72 Å². The van der Waals surface area contributed by atoms with Crippen LogP contribution in [0.5, 0.6) is 0 Å². The predicted octanol–water partition coefficient (Wildman–Crippen LogP) is 2.57. The van der Waals surface area contributed by atoms with Crippen LogP contribution in [0, 0.1) is 0 Å². The van der Waals surface area contributed by atoms with Gasteiger partial charge in [0.25, 0.3) is 0 Å². The smallest absolute Gasteiger partial charge is 0.274 e. The number of rotatable bonds is 6. The molecule has 0 aliphatic carbocycles. The van der Waals surface area contributed by atoms with Crippen molar-refractivity contribution in [3.05, 3.63) is 30.3 Å². The summed E-state index contributed by atoms with van der Waals surface area (Å²) in [5.41, 5.74) is 0. The lowest BCUT2D eigenvalue weighted by molar-refractivity contribution is -0.127. The standard InChI is InChI=1S/C12H14F3NO3S2/c1-9(12(13,14)15)21(18,19)16-11(17)7-8-20-10-5-3-2-4-6-10/h2-6,9H,7-8H2,1H3,(H,16,17)/t9-/m0/s1. The molecule has 0 saturated carbocycles. The molecule has 0 bridgehead atoms. The minimum absolute atomic E-state index is 0.191. The molecule has 0 heterocycles. The Morgan fingerprint density at radius 2 is 1.86 bits per heavy atom. The molecular formula is C12H14F3NO3S2. The molecule has 4 nitrogen and oxygen atoms in total. The number of carbonyl (C=O) groups excluding carboxylic acids is 1. The summed E-state index contributed by atoms with van der Waals surface area (Å²) in [5.74, 6) is -0.680. The third kappa shape index (κ3) is 5.96. The van der Waals surface area contributed by atoms with Crippen molar-refractivity contribution < 1.29 is 26.4 Å². The first kappa shape index (κ1) is 17.8. The number of alkyl halides is 3. The SMILES string of the molecule is C[C@@H](C(F)(F)F)S(=O)(=O)NC(=O)CCSc1ccccc1. The molecule has 0 radical (unpaired) electrons. The lowest BCUT2D eigenvalue weighted by Gasteiger charge is -2.16. The maximum Gasteiger partial charge on any atom is 0.407 e. The van der Waals surface area contributed by atoms with Gasteiger partial charge in [-0.25, -0.2) is 8.42 Å². The molecule has 1 amide bonds. The van der Waals surface area contributed by atoms with Crippen molar-refractivity contribution >= 4 is 27.7 Å². The lowest BCUT2D eigenvalue weighted by Crippen LogP contribution is -2.44. The molecule has 21 heavy (non-hydrogen) atoms. The number of hydrogen-bond acceptors (Lipinski definition) is 4. The fourth-order valence-electron chi connectivity index (χ4n) is 1.25. The predicted molar refractivity (Wildman–Crippen MR) is 74.4 cm³/mol. The zero-order valence-corrected chi connectivity index (χ0v) is 12.7. The second kappa shape index (κ2) is 7.17. The van der Waals surface area contributed by atoms with E-state index >= 15 is 0 Å². The minimum atomic E-state index is -4.91. The first-order chi connectivity index (χ1) is 9.63. The Bertz CT molecular complexity index is 573. The van der Waals surface area contributed by atoms with E-state index in [2.05, 4.69) is 0 Å². The van der Waals surface area contributed by atoms with Crippen LogP contribution in [-0.4, -0.2) is 31.5 Å².